The van der Waals surface area contributed by atoms with Gasteiger partial charge in [0.1, 0.15) is 0 Å². The van der Waals surface area contributed by atoms with Crippen LogP contribution in [-0.4, -0.2) is 59.2 Å². The molecule has 0 atom stereocenters. The quantitative estimate of drug-likeness (QED) is 0.279. The molecule has 0 saturated carbocycles. The van der Waals surface area contributed by atoms with Crippen LogP contribution in [0.1, 0.15) is 11.1 Å². The normalized spacial score (nSPS) is 14.8. The van der Waals surface area contributed by atoms with Crippen LogP contribution in [-0.2, 0) is 11.3 Å². The Labute approximate surface area is 199 Å². The Bertz CT molecular complexity index is 1230. The standard InChI is InChI=1S/C22H22N8O5/c31-30(32)17-11-19-18(34-14-35-19)10-16(17)13-24-28-21-25-20(23-12-15-4-2-1-3-5-15)26-22(27-21)29-6-8-33-9-7-29/h1-5,10-11,13H,6-9,12,14H2,(H2,23,25,26,27,28). The highest BCUT2D eigenvalue weighted by Gasteiger charge is 2.22. The third kappa shape index (κ3) is 5.35. The number of hydrazone groups is 1. The van der Waals surface area contributed by atoms with Crippen LogP contribution in [0.3, 0.4) is 0 Å². The highest BCUT2D eigenvalue weighted by Crippen LogP contribution is 2.37. The van der Waals surface area contributed by atoms with Gasteiger partial charge in [-0.1, -0.05) is 30.3 Å². The van der Waals surface area contributed by atoms with Crippen molar-refractivity contribution >= 4 is 29.7 Å². The lowest BCUT2D eigenvalue weighted by Crippen LogP contribution is -2.37. The number of nitrogens with one attached hydrogen (secondary N) is 2. The Kier molecular flexibility index (Phi) is 6.48. The second-order valence-electron chi connectivity index (χ2n) is 7.61. The number of aromatic nitrogens is 3. The molecule has 2 aliphatic heterocycles. The molecule has 3 aromatic rings. The Hall–Kier alpha value is -4.52. The second kappa shape index (κ2) is 10.2. The summed E-state index contributed by atoms with van der Waals surface area (Å²) in [5.74, 6) is 1.78. The number of nitro benzene ring substituents is 1. The number of hydrogen-bond donors (Lipinski definition) is 2. The van der Waals surface area contributed by atoms with Crippen molar-refractivity contribution in [1.29, 1.82) is 0 Å². The Balaban J connectivity index is 1.37. The number of morpholine rings is 1. The van der Waals surface area contributed by atoms with Gasteiger partial charge in [-0.05, 0) is 11.6 Å². The first kappa shape index (κ1) is 22.3. The van der Waals surface area contributed by atoms with Gasteiger partial charge >= 0.3 is 0 Å². The molecule has 35 heavy (non-hydrogen) atoms. The summed E-state index contributed by atoms with van der Waals surface area (Å²) in [5.41, 5.74) is 3.92. The van der Waals surface area contributed by atoms with E-state index < -0.39 is 4.92 Å². The molecule has 0 radical (unpaired) electrons. The zero-order valence-electron chi connectivity index (χ0n) is 18.6. The van der Waals surface area contributed by atoms with Crippen LogP contribution in [0.2, 0.25) is 0 Å². The average Bonchev–Trinajstić information content (AvgIpc) is 3.35. The van der Waals surface area contributed by atoms with Crippen LogP contribution in [0.4, 0.5) is 23.5 Å². The molecule has 0 bridgehead atoms. The van der Waals surface area contributed by atoms with E-state index in [9.17, 15) is 10.1 Å². The number of hydrogen-bond acceptors (Lipinski definition) is 12. The van der Waals surface area contributed by atoms with Gasteiger partial charge in [-0.15, -0.1) is 0 Å². The molecular formula is C22H22N8O5. The van der Waals surface area contributed by atoms with E-state index in [-0.39, 0.29) is 24.0 Å². The maximum absolute atomic E-state index is 11.5. The summed E-state index contributed by atoms with van der Waals surface area (Å²) < 4.78 is 16.0. The molecule has 13 heteroatoms. The first-order chi connectivity index (χ1) is 17.2. The summed E-state index contributed by atoms with van der Waals surface area (Å²) in [6, 6.07) is 12.7. The zero-order valence-corrected chi connectivity index (χ0v) is 18.6. The smallest absolute Gasteiger partial charge is 0.282 e. The topological polar surface area (TPSA) is 149 Å². The van der Waals surface area contributed by atoms with Crippen LogP contribution >= 0.6 is 0 Å². The summed E-state index contributed by atoms with van der Waals surface area (Å²) in [7, 11) is 0. The molecule has 2 aromatic carbocycles. The molecule has 3 heterocycles. The van der Waals surface area contributed by atoms with E-state index >= 15 is 0 Å². The summed E-state index contributed by atoms with van der Waals surface area (Å²) in [5, 5.41) is 18.8. The molecule has 180 valence electrons. The molecule has 0 aliphatic carbocycles. The summed E-state index contributed by atoms with van der Waals surface area (Å²) in [6.07, 6.45) is 1.31. The van der Waals surface area contributed by atoms with Gasteiger partial charge in [-0.3, -0.25) is 10.1 Å². The molecule has 1 saturated heterocycles. The van der Waals surface area contributed by atoms with Crippen molar-refractivity contribution in [2.45, 2.75) is 6.54 Å². The third-order valence-electron chi connectivity index (χ3n) is 5.30. The molecule has 0 unspecified atom stereocenters. The number of fused-ring (bicyclic) bond motifs is 1. The molecule has 1 aromatic heterocycles. The number of nitrogens with zero attached hydrogens (tertiary/aromatic N) is 6. The van der Waals surface area contributed by atoms with Crippen LogP contribution in [0.5, 0.6) is 11.5 Å². The molecule has 0 spiro atoms. The van der Waals surface area contributed by atoms with Crippen molar-refractivity contribution in [3.05, 3.63) is 63.7 Å². The van der Waals surface area contributed by atoms with Gasteiger partial charge in [0, 0.05) is 19.6 Å². The van der Waals surface area contributed by atoms with E-state index in [4.69, 9.17) is 14.2 Å². The lowest BCUT2D eigenvalue weighted by atomic mass is 10.1. The van der Waals surface area contributed by atoms with Crippen LogP contribution in [0.25, 0.3) is 0 Å². The monoisotopic (exact) mass is 478 g/mol. The van der Waals surface area contributed by atoms with Gasteiger partial charge in [0.15, 0.2) is 11.5 Å². The van der Waals surface area contributed by atoms with E-state index in [0.29, 0.717) is 56.2 Å². The van der Waals surface area contributed by atoms with E-state index in [0.717, 1.165) is 5.56 Å². The Morgan fingerprint density at radius 2 is 1.80 bits per heavy atom. The predicted octanol–water partition coefficient (Wildman–Crippen LogP) is 2.40. The molecule has 5 rings (SSSR count). The summed E-state index contributed by atoms with van der Waals surface area (Å²) >= 11 is 0. The molecule has 2 aliphatic rings. The lowest BCUT2D eigenvalue weighted by molar-refractivity contribution is -0.385. The van der Waals surface area contributed by atoms with Crippen molar-refractivity contribution in [3.8, 4) is 11.5 Å². The predicted molar refractivity (Wildman–Crippen MR) is 127 cm³/mol. The van der Waals surface area contributed by atoms with Crippen LogP contribution in [0, 0.1) is 10.1 Å². The molecule has 13 nitrogen and oxygen atoms in total. The summed E-state index contributed by atoms with van der Waals surface area (Å²) in [4.78, 5) is 26.4. The number of rotatable bonds is 8. The van der Waals surface area contributed by atoms with Crippen molar-refractivity contribution in [3.63, 3.8) is 0 Å². The largest absolute Gasteiger partial charge is 0.454 e. The zero-order chi connectivity index (χ0) is 24.0. The fourth-order valence-corrected chi connectivity index (χ4v) is 3.54. The van der Waals surface area contributed by atoms with E-state index in [1.54, 1.807) is 0 Å². The van der Waals surface area contributed by atoms with Crippen molar-refractivity contribution in [2.75, 3.05) is 48.7 Å². The SMILES string of the molecule is O=[N+]([O-])c1cc2c(cc1C=NNc1nc(NCc3ccccc3)nc(N3CCOCC3)n1)OCO2. The average molecular weight is 478 g/mol. The lowest BCUT2D eigenvalue weighted by Gasteiger charge is -2.27. The minimum atomic E-state index is -0.506. The molecule has 1 fully saturated rings. The third-order valence-corrected chi connectivity index (χ3v) is 5.30. The fraction of sp³-hybridized carbons (Fsp3) is 0.273. The highest BCUT2D eigenvalue weighted by molar-refractivity contribution is 5.87. The van der Waals surface area contributed by atoms with E-state index in [1.807, 2.05) is 35.2 Å². The highest BCUT2D eigenvalue weighted by atomic mass is 16.7. The molecular weight excluding hydrogens is 456 g/mol. The summed E-state index contributed by atoms with van der Waals surface area (Å²) in [6.45, 7) is 2.99. The minimum Gasteiger partial charge on any atom is -0.454 e. The number of benzene rings is 2. The Morgan fingerprint density at radius 1 is 1.06 bits per heavy atom. The van der Waals surface area contributed by atoms with Gasteiger partial charge < -0.3 is 24.4 Å². The van der Waals surface area contributed by atoms with Gasteiger partial charge in [0.25, 0.3) is 5.69 Å². The maximum atomic E-state index is 11.5. The fourth-order valence-electron chi connectivity index (χ4n) is 3.54. The molecule has 0 amide bonds. The second-order valence-corrected chi connectivity index (χ2v) is 7.61. The van der Waals surface area contributed by atoms with Gasteiger partial charge in [-0.25, -0.2) is 5.43 Å². The van der Waals surface area contributed by atoms with E-state index in [2.05, 4.69) is 30.8 Å². The van der Waals surface area contributed by atoms with E-state index in [1.165, 1.54) is 18.3 Å². The van der Waals surface area contributed by atoms with Crippen LogP contribution in [0.15, 0.2) is 47.6 Å². The van der Waals surface area contributed by atoms with Crippen molar-refractivity contribution in [1.82, 2.24) is 15.0 Å². The number of ether oxygens (including phenoxy) is 3. The van der Waals surface area contributed by atoms with Crippen molar-refractivity contribution in [2.24, 2.45) is 5.10 Å². The first-order valence-corrected chi connectivity index (χ1v) is 10.9. The number of anilines is 3. The Morgan fingerprint density at radius 3 is 2.57 bits per heavy atom. The maximum Gasteiger partial charge on any atom is 0.282 e. The minimum absolute atomic E-state index is 0.0132. The van der Waals surface area contributed by atoms with Crippen LogP contribution < -0.4 is 25.1 Å². The van der Waals surface area contributed by atoms with Gasteiger partial charge in [0.2, 0.25) is 24.6 Å². The van der Waals surface area contributed by atoms with Crippen molar-refractivity contribution < 1.29 is 19.1 Å². The first-order valence-electron chi connectivity index (χ1n) is 10.9. The molecule has 2 N–H and O–H groups in total. The number of nitro groups is 1. The van der Waals surface area contributed by atoms with Gasteiger partial charge in [0.05, 0.1) is 36.0 Å². The van der Waals surface area contributed by atoms with Gasteiger partial charge in [-0.2, -0.15) is 20.1 Å².